The Labute approximate surface area is 96.5 Å². The summed E-state index contributed by atoms with van der Waals surface area (Å²) in [5, 5.41) is 0.294. The fourth-order valence-corrected chi connectivity index (χ4v) is 1.78. The number of alkyl halides is 1. The third kappa shape index (κ3) is 2.15. The van der Waals surface area contributed by atoms with E-state index in [0.717, 1.165) is 5.56 Å². The van der Waals surface area contributed by atoms with Crippen LogP contribution in [0.3, 0.4) is 0 Å². The number of ether oxygens (including phenoxy) is 2. The maximum Gasteiger partial charge on any atom is 0.191 e. The van der Waals surface area contributed by atoms with Gasteiger partial charge in [-0.05, 0) is 24.6 Å². The van der Waals surface area contributed by atoms with Crippen molar-refractivity contribution in [1.82, 2.24) is 0 Å². The molecular formula is C11H11BrO3. The molecule has 15 heavy (non-hydrogen) atoms. The van der Waals surface area contributed by atoms with E-state index in [-0.39, 0.29) is 5.78 Å². The molecule has 0 fully saturated rings. The first kappa shape index (κ1) is 10.5. The standard InChI is InChI=1S/C11H11BrO3/c1-7-2-3-9-10(4-7)14-6-11(15-9)8(13)5-12/h2-4,11H,5-6H2,1H3. The molecule has 4 heteroatoms. The zero-order valence-electron chi connectivity index (χ0n) is 8.33. The number of ketones is 1. The van der Waals surface area contributed by atoms with Gasteiger partial charge in [-0.2, -0.15) is 0 Å². The average molecular weight is 271 g/mol. The fourth-order valence-electron chi connectivity index (χ4n) is 1.42. The zero-order chi connectivity index (χ0) is 10.8. The van der Waals surface area contributed by atoms with Crippen LogP contribution in [0.1, 0.15) is 5.56 Å². The quantitative estimate of drug-likeness (QED) is 0.773. The molecule has 2 rings (SSSR count). The van der Waals surface area contributed by atoms with Crippen molar-refractivity contribution in [2.24, 2.45) is 0 Å². The Morgan fingerprint density at radius 3 is 3.07 bits per heavy atom. The molecule has 0 spiro atoms. The predicted octanol–water partition coefficient (Wildman–Crippen LogP) is 2.10. The van der Waals surface area contributed by atoms with Crippen LogP contribution < -0.4 is 9.47 Å². The Bertz CT molecular complexity index is 389. The van der Waals surface area contributed by atoms with E-state index in [1.54, 1.807) is 0 Å². The van der Waals surface area contributed by atoms with E-state index in [0.29, 0.717) is 23.4 Å². The molecule has 1 unspecified atom stereocenters. The van der Waals surface area contributed by atoms with E-state index in [1.165, 1.54) is 0 Å². The zero-order valence-corrected chi connectivity index (χ0v) is 9.91. The number of halogens is 1. The summed E-state index contributed by atoms with van der Waals surface area (Å²) in [6.45, 7) is 2.28. The second-order valence-corrected chi connectivity index (χ2v) is 4.03. The number of hydrogen-bond donors (Lipinski definition) is 0. The lowest BCUT2D eigenvalue weighted by atomic mass is 10.2. The summed E-state index contributed by atoms with van der Waals surface area (Å²) >= 11 is 3.12. The number of fused-ring (bicyclic) bond motifs is 1. The van der Waals surface area contributed by atoms with Gasteiger partial charge in [0.15, 0.2) is 23.4 Å². The molecule has 80 valence electrons. The van der Waals surface area contributed by atoms with Gasteiger partial charge >= 0.3 is 0 Å². The molecule has 0 amide bonds. The van der Waals surface area contributed by atoms with Crippen LogP contribution in [0.5, 0.6) is 11.5 Å². The van der Waals surface area contributed by atoms with E-state index < -0.39 is 6.10 Å². The molecule has 0 radical (unpaired) electrons. The first-order valence-electron chi connectivity index (χ1n) is 4.69. The molecule has 0 N–H and O–H groups in total. The Kier molecular flexibility index (Phi) is 2.95. The van der Waals surface area contributed by atoms with Crippen molar-refractivity contribution in [3.63, 3.8) is 0 Å². The molecular weight excluding hydrogens is 260 g/mol. The Hall–Kier alpha value is -1.03. The van der Waals surface area contributed by atoms with Gasteiger partial charge in [-0.25, -0.2) is 0 Å². The minimum absolute atomic E-state index is 0.00113. The highest BCUT2D eigenvalue weighted by Crippen LogP contribution is 2.32. The Morgan fingerprint density at radius 2 is 2.33 bits per heavy atom. The second kappa shape index (κ2) is 4.23. The van der Waals surface area contributed by atoms with Gasteiger partial charge < -0.3 is 9.47 Å². The third-order valence-corrected chi connectivity index (χ3v) is 2.80. The number of rotatable bonds is 2. The molecule has 1 heterocycles. The van der Waals surface area contributed by atoms with Crippen molar-refractivity contribution in [3.05, 3.63) is 23.8 Å². The van der Waals surface area contributed by atoms with Crippen molar-refractivity contribution in [1.29, 1.82) is 0 Å². The van der Waals surface area contributed by atoms with Crippen LogP contribution in [0.2, 0.25) is 0 Å². The second-order valence-electron chi connectivity index (χ2n) is 3.47. The summed E-state index contributed by atoms with van der Waals surface area (Å²) in [5.74, 6) is 1.36. The predicted molar refractivity (Wildman–Crippen MR) is 59.9 cm³/mol. The summed E-state index contributed by atoms with van der Waals surface area (Å²) in [4.78, 5) is 11.4. The molecule has 1 aliphatic heterocycles. The largest absolute Gasteiger partial charge is 0.485 e. The van der Waals surface area contributed by atoms with Crippen LogP contribution in [0, 0.1) is 6.92 Å². The first-order chi connectivity index (χ1) is 7.20. The van der Waals surface area contributed by atoms with E-state index in [1.807, 2.05) is 25.1 Å². The number of Topliss-reactive ketones (excluding diaryl/α,β-unsaturated/α-hetero) is 1. The summed E-state index contributed by atoms with van der Waals surface area (Å²) < 4.78 is 11.0. The van der Waals surface area contributed by atoms with E-state index in [2.05, 4.69) is 15.9 Å². The summed E-state index contributed by atoms with van der Waals surface area (Å²) in [6, 6.07) is 5.67. The topological polar surface area (TPSA) is 35.5 Å². The number of carbonyl (C=O) groups excluding carboxylic acids is 1. The molecule has 1 aromatic rings. The van der Waals surface area contributed by atoms with Gasteiger partial charge in [0.1, 0.15) is 6.61 Å². The molecule has 1 aliphatic rings. The first-order valence-corrected chi connectivity index (χ1v) is 5.81. The number of carbonyl (C=O) groups is 1. The minimum atomic E-state index is -0.486. The van der Waals surface area contributed by atoms with Crippen LogP contribution in [0.15, 0.2) is 18.2 Å². The van der Waals surface area contributed by atoms with Gasteiger partial charge in [0, 0.05) is 0 Å². The van der Waals surface area contributed by atoms with Crippen LogP contribution in [0.4, 0.5) is 0 Å². The van der Waals surface area contributed by atoms with Gasteiger partial charge in [0.2, 0.25) is 0 Å². The van der Waals surface area contributed by atoms with Gasteiger partial charge in [-0.3, -0.25) is 4.79 Å². The van der Waals surface area contributed by atoms with E-state index in [9.17, 15) is 4.79 Å². The van der Waals surface area contributed by atoms with Crippen molar-refractivity contribution in [2.75, 3.05) is 11.9 Å². The van der Waals surface area contributed by atoms with Crippen LogP contribution in [-0.2, 0) is 4.79 Å². The van der Waals surface area contributed by atoms with Gasteiger partial charge in [-0.15, -0.1) is 0 Å². The normalized spacial score (nSPS) is 18.7. The lowest BCUT2D eigenvalue weighted by Crippen LogP contribution is -2.37. The lowest BCUT2D eigenvalue weighted by molar-refractivity contribution is -0.125. The van der Waals surface area contributed by atoms with Crippen molar-refractivity contribution >= 4 is 21.7 Å². The Balaban J connectivity index is 2.20. The summed E-state index contributed by atoms with van der Waals surface area (Å²) in [7, 11) is 0. The highest BCUT2D eigenvalue weighted by atomic mass is 79.9. The molecule has 0 saturated heterocycles. The molecule has 1 atom stereocenters. The van der Waals surface area contributed by atoms with Crippen molar-refractivity contribution in [3.8, 4) is 11.5 Å². The maximum atomic E-state index is 11.4. The third-order valence-electron chi connectivity index (χ3n) is 2.25. The lowest BCUT2D eigenvalue weighted by Gasteiger charge is -2.25. The van der Waals surface area contributed by atoms with Gasteiger partial charge in [-0.1, -0.05) is 22.0 Å². The molecule has 3 nitrogen and oxygen atoms in total. The minimum Gasteiger partial charge on any atom is -0.485 e. The average Bonchev–Trinajstić information content (AvgIpc) is 2.27. The maximum absolute atomic E-state index is 11.4. The van der Waals surface area contributed by atoms with Crippen molar-refractivity contribution in [2.45, 2.75) is 13.0 Å². The molecule has 0 aromatic heterocycles. The smallest absolute Gasteiger partial charge is 0.191 e. The summed E-state index contributed by atoms with van der Waals surface area (Å²) in [6.07, 6.45) is -0.486. The number of benzene rings is 1. The molecule has 1 aromatic carbocycles. The van der Waals surface area contributed by atoms with Crippen molar-refractivity contribution < 1.29 is 14.3 Å². The monoisotopic (exact) mass is 270 g/mol. The molecule has 0 aliphatic carbocycles. The number of hydrogen-bond acceptors (Lipinski definition) is 3. The van der Waals surface area contributed by atoms with Crippen LogP contribution >= 0.6 is 15.9 Å². The van der Waals surface area contributed by atoms with E-state index >= 15 is 0 Å². The summed E-state index contributed by atoms with van der Waals surface area (Å²) in [5.41, 5.74) is 1.11. The van der Waals surface area contributed by atoms with Crippen LogP contribution in [-0.4, -0.2) is 23.8 Å². The number of aryl methyl sites for hydroxylation is 1. The fraction of sp³-hybridized carbons (Fsp3) is 0.364. The highest BCUT2D eigenvalue weighted by molar-refractivity contribution is 9.09. The van der Waals surface area contributed by atoms with Gasteiger partial charge in [0.05, 0.1) is 5.33 Å². The molecule has 0 bridgehead atoms. The van der Waals surface area contributed by atoms with E-state index in [4.69, 9.17) is 9.47 Å². The SMILES string of the molecule is Cc1ccc2c(c1)OCC(C(=O)CBr)O2. The molecule has 0 saturated carbocycles. The Morgan fingerprint density at radius 1 is 1.53 bits per heavy atom. The van der Waals surface area contributed by atoms with Crippen LogP contribution in [0.25, 0.3) is 0 Å². The van der Waals surface area contributed by atoms with Gasteiger partial charge in [0.25, 0.3) is 0 Å². The highest BCUT2D eigenvalue weighted by Gasteiger charge is 2.26.